The van der Waals surface area contributed by atoms with Crippen molar-refractivity contribution >= 4 is 23.1 Å². The van der Waals surface area contributed by atoms with Crippen LogP contribution in [0.2, 0.25) is 0 Å². The molecule has 0 atom stereocenters. The fraction of sp³-hybridized carbons (Fsp3) is 0.438. The van der Waals surface area contributed by atoms with Gasteiger partial charge in [-0.2, -0.15) is 16.4 Å². The van der Waals surface area contributed by atoms with Crippen LogP contribution in [0.1, 0.15) is 28.9 Å². The summed E-state index contributed by atoms with van der Waals surface area (Å²) in [6.45, 7) is 3.53. The van der Waals surface area contributed by atoms with Crippen molar-refractivity contribution in [2.45, 2.75) is 25.8 Å². The molecule has 1 saturated heterocycles. The van der Waals surface area contributed by atoms with E-state index < -0.39 is 0 Å². The highest BCUT2D eigenvalue weighted by atomic mass is 32.1. The highest BCUT2D eigenvalue weighted by Gasteiger charge is 2.26. The number of amides is 1. The van der Waals surface area contributed by atoms with Gasteiger partial charge in [-0.05, 0) is 43.3 Å². The SMILES string of the molecule is Cc1ccc(N(C)C2CCN(C(=O)c3ccsc3)CC2)nn1. The molecule has 0 aliphatic carbocycles. The van der Waals surface area contributed by atoms with Gasteiger partial charge in [0, 0.05) is 31.6 Å². The number of rotatable bonds is 3. The smallest absolute Gasteiger partial charge is 0.254 e. The van der Waals surface area contributed by atoms with Crippen LogP contribution in [-0.4, -0.2) is 47.2 Å². The summed E-state index contributed by atoms with van der Waals surface area (Å²) in [5.41, 5.74) is 1.73. The second-order valence-electron chi connectivity index (χ2n) is 5.68. The fourth-order valence-electron chi connectivity index (χ4n) is 2.79. The van der Waals surface area contributed by atoms with E-state index in [-0.39, 0.29) is 5.91 Å². The van der Waals surface area contributed by atoms with Gasteiger partial charge in [0.05, 0.1) is 11.3 Å². The number of carbonyl (C=O) groups is 1. The van der Waals surface area contributed by atoms with Gasteiger partial charge in [-0.15, -0.1) is 5.10 Å². The van der Waals surface area contributed by atoms with Gasteiger partial charge < -0.3 is 9.80 Å². The molecule has 0 N–H and O–H groups in total. The summed E-state index contributed by atoms with van der Waals surface area (Å²) >= 11 is 1.56. The molecule has 2 aromatic heterocycles. The molecule has 1 fully saturated rings. The van der Waals surface area contributed by atoms with E-state index >= 15 is 0 Å². The number of hydrogen-bond acceptors (Lipinski definition) is 5. The van der Waals surface area contributed by atoms with Crippen LogP contribution in [0.3, 0.4) is 0 Å². The highest BCUT2D eigenvalue weighted by Crippen LogP contribution is 2.21. The fourth-order valence-corrected chi connectivity index (χ4v) is 3.42. The normalized spacial score (nSPS) is 15.8. The zero-order chi connectivity index (χ0) is 15.5. The Morgan fingerprint density at radius 2 is 2.05 bits per heavy atom. The maximum atomic E-state index is 12.3. The summed E-state index contributed by atoms with van der Waals surface area (Å²) in [5, 5.41) is 12.2. The molecule has 1 aliphatic rings. The molecule has 0 bridgehead atoms. The van der Waals surface area contributed by atoms with Crippen molar-refractivity contribution in [2.24, 2.45) is 0 Å². The van der Waals surface area contributed by atoms with Crippen LogP contribution in [0.15, 0.2) is 29.0 Å². The summed E-state index contributed by atoms with van der Waals surface area (Å²) in [6, 6.07) is 6.29. The number of piperidine rings is 1. The van der Waals surface area contributed by atoms with Gasteiger partial charge in [-0.3, -0.25) is 4.79 Å². The lowest BCUT2D eigenvalue weighted by molar-refractivity contribution is 0.0713. The van der Waals surface area contributed by atoms with Gasteiger partial charge in [0.25, 0.3) is 5.91 Å². The first-order valence-electron chi connectivity index (χ1n) is 7.50. The van der Waals surface area contributed by atoms with Crippen LogP contribution in [-0.2, 0) is 0 Å². The standard InChI is InChI=1S/C16H20N4OS/c1-12-3-4-15(18-17-12)19(2)14-5-8-20(9-6-14)16(21)13-7-10-22-11-13/h3-4,7,10-11,14H,5-6,8-9H2,1-2H3. The van der Waals surface area contributed by atoms with Crippen LogP contribution in [0, 0.1) is 6.92 Å². The van der Waals surface area contributed by atoms with Crippen LogP contribution >= 0.6 is 11.3 Å². The Hall–Kier alpha value is -1.95. The van der Waals surface area contributed by atoms with Crippen molar-refractivity contribution in [1.82, 2.24) is 15.1 Å². The van der Waals surface area contributed by atoms with Gasteiger partial charge >= 0.3 is 0 Å². The van der Waals surface area contributed by atoms with E-state index in [1.165, 1.54) is 0 Å². The van der Waals surface area contributed by atoms with Crippen molar-refractivity contribution < 1.29 is 4.79 Å². The average molecular weight is 316 g/mol. The first-order chi connectivity index (χ1) is 10.6. The number of anilines is 1. The lowest BCUT2D eigenvalue weighted by Gasteiger charge is -2.37. The molecule has 116 valence electrons. The van der Waals surface area contributed by atoms with Gasteiger partial charge in [-0.1, -0.05) is 0 Å². The monoisotopic (exact) mass is 316 g/mol. The van der Waals surface area contributed by atoms with Gasteiger partial charge in [-0.25, -0.2) is 0 Å². The van der Waals surface area contributed by atoms with E-state index in [2.05, 4.69) is 22.1 Å². The lowest BCUT2D eigenvalue weighted by Crippen LogP contribution is -2.45. The summed E-state index contributed by atoms with van der Waals surface area (Å²) in [7, 11) is 2.06. The molecule has 6 heteroatoms. The first kappa shape index (κ1) is 15.0. The molecule has 0 radical (unpaired) electrons. The number of carbonyl (C=O) groups excluding carboxylic acids is 1. The summed E-state index contributed by atoms with van der Waals surface area (Å²) in [5.74, 6) is 1.05. The Morgan fingerprint density at radius 3 is 2.64 bits per heavy atom. The third kappa shape index (κ3) is 3.11. The Morgan fingerprint density at radius 1 is 1.27 bits per heavy atom. The third-order valence-corrected chi connectivity index (χ3v) is 4.90. The summed E-state index contributed by atoms with van der Waals surface area (Å²) in [4.78, 5) is 16.5. The quantitative estimate of drug-likeness (QED) is 0.873. The summed E-state index contributed by atoms with van der Waals surface area (Å²) < 4.78 is 0. The average Bonchev–Trinajstić information content (AvgIpc) is 3.09. The van der Waals surface area contributed by atoms with E-state index in [1.54, 1.807) is 11.3 Å². The molecule has 3 rings (SSSR count). The van der Waals surface area contributed by atoms with Gasteiger partial charge in [0.2, 0.25) is 0 Å². The molecular formula is C16H20N4OS. The highest BCUT2D eigenvalue weighted by molar-refractivity contribution is 7.08. The number of thiophene rings is 1. The Labute approximate surface area is 134 Å². The molecule has 1 amide bonds. The van der Waals surface area contributed by atoms with Crippen molar-refractivity contribution in [3.8, 4) is 0 Å². The van der Waals surface area contributed by atoms with Crippen LogP contribution in [0.25, 0.3) is 0 Å². The molecular weight excluding hydrogens is 296 g/mol. The maximum absolute atomic E-state index is 12.3. The van der Waals surface area contributed by atoms with E-state index in [0.29, 0.717) is 6.04 Å². The second kappa shape index (κ2) is 6.44. The Kier molecular flexibility index (Phi) is 4.38. The molecule has 22 heavy (non-hydrogen) atoms. The van der Waals surface area contributed by atoms with E-state index in [1.807, 2.05) is 40.8 Å². The Bertz CT molecular complexity index is 618. The number of hydrogen-bond donors (Lipinski definition) is 0. The zero-order valence-corrected chi connectivity index (χ0v) is 13.7. The minimum absolute atomic E-state index is 0.150. The maximum Gasteiger partial charge on any atom is 0.254 e. The lowest BCUT2D eigenvalue weighted by atomic mass is 10.0. The van der Waals surface area contributed by atoms with Crippen LogP contribution in [0.5, 0.6) is 0 Å². The summed E-state index contributed by atoms with van der Waals surface area (Å²) in [6.07, 6.45) is 1.92. The van der Waals surface area contributed by atoms with E-state index in [4.69, 9.17) is 0 Å². The van der Waals surface area contributed by atoms with Crippen molar-refractivity contribution in [2.75, 3.05) is 25.0 Å². The van der Waals surface area contributed by atoms with Crippen molar-refractivity contribution in [3.05, 3.63) is 40.2 Å². The molecule has 0 saturated carbocycles. The van der Waals surface area contributed by atoms with E-state index in [0.717, 1.165) is 43.0 Å². The molecule has 2 aromatic rings. The number of aromatic nitrogens is 2. The van der Waals surface area contributed by atoms with Gasteiger partial charge in [0.1, 0.15) is 0 Å². The zero-order valence-electron chi connectivity index (χ0n) is 12.9. The predicted octanol–water partition coefficient (Wildman–Crippen LogP) is 2.59. The number of aryl methyl sites for hydroxylation is 1. The van der Waals surface area contributed by atoms with Crippen molar-refractivity contribution in [1.29, 1.82) is 0 Å². The molecule has 5 nitrogen and oxygen atoms in total. The number of likely N-dealkylation sites (tertiary alicyclic amines) is 1. The third-order valence-electron chi connectivity index (χ3n) is 4.21. The van der Waals surface area contributed by atoms with Crippen LogP contribution < -0.4 is 4.90 Å². The number of nitrogens with zero attached hydrogens (tertiary/aromatic N) is 4. The minimum Gasteiger partial charge on any atom is -0.355 e. The van der Waals surface area contributed by atoms with Crippen molar-refractivity contribution in [3.63, 3.8) is 0 Å². The van der Waals surface area contributed by atoms with Crippen LogP contribution in [0.4, 0.5) is 5.82 Å². The molecule has 1 aliphatic heterocycles. The molecule has 0 aromatic carbocycles. The second-order valence-corrected chi connectivity index (χ2v) is 6.46. The predicted molar refractivity (Wildman–Crippen MR) is 88.4 cm³/mol. The van der Waals surface area contributed by atoms with E-state index in [9.17, 15) is 4.79 Å². The Balaban J connectivity index is 1.59. The first-order valence-corrected chi connectivity index (χ1v) is 8.44. The topological polar surface area (TPSA) is 49.3 Å². The van der Waals surface area contributed by atoms with Gasteiger partial charge in [0.15, 0.2) is 5.82 Å². The molecule has 3 heterocycles. The largest absolute Gasteiger partial charge is 0.355 e. The molecule has 0 spiro atoms. The minimum atomic E-state index is 0.150. The molecule has 0 unspecified atom stereocenters.